The van der Waals surface area contributed by atoms with Gasteiger partial charge in [-0.15, -0.1) is 0 Å². The lowest BCUT2D eigenvalue weighted by Crippen LogP contribution is -2.48. The fourth-order valence-electron chi connectivity index (χ4n) is 3.37. The van der Waals surface area contributed by atoms with Crippen LogP contribution in [0.5, 0.6) is 0 Å². The Morgan fingerprint density at radius 2 is 2.24 bits per heavy atom. The van der Waals surface area contributed by atoms with E-state index in [2.05, 4.69) is 31.2 Å². The molecule has 0 N–H and O–H groups in total. The summed E-state index contributed by atoms with van der Waals surface area (Å²) in [5, 5.41) is 0. The van der Waals surface area contributed by atoms with Gasteiger partial charge in [0.15, 0.2) is 6.10 Å². The minimum absolute atomic E-state index is 0.163. The van der Waals surface area contributed by atoms with E-state index < -0.39 is 0 Å². The maximum absolute atomic E-state index is 12.2. The van der Waals surface area contributed by atoms with E-state index in [1.165, 1.54) is 11.1 Å². The molecule has 3 heterocycles. The number of fused-ring (bicyclic) bond motifs is 4. The standard InChI is InChI=1S/C14H15NO2/c1-14-8-11-10-5-3-2-4-9(10)6-7-15(11)13(16)12(14)17-14/h2-5,11-12H,6-8H2,1H3/t11-,12+,14-/m1/s1. The van der Waals surface area contributed by atoms with Gasteiger partial charge in [-0.2, -0.15) is 0 Å². The number of hydrogen-bond acceptors (Lipinski definition) is 2. The van der Waals surface area contributed by atoms with Gasteiger partial charge in [0.2, 0.25) is 0 Å². The molecule has 2 saturated heterocycles. The van der Waals surface area contributed by atoms with Crippen molar-refractivity contribution in [1.82, 2.24) is 4.90 Å². The summed E-state index contributed by atoms with van der Waals surface area (Å²) in [6.07, 6.45) is 1.76. The first kappa shape index (κ1) is 9.66. The average Bonchev–Trinajstić information content (AvgIpc) is 3.02. The minimum Gasteiger partial charge on any atom is -0.356 e. The molecule has 1 aromatic carbocycles. The zero-order valence-corrected chi connectivity index (χ0v) is 9.85. The molecule has 1 aromatic rings. The number of carbonyl (C=O) groups excluding carboxylic acids is 1. The summed E-state index contributed by atoms with van der Waals surface area (Å²) in [7, 11) is 0. The van der Waals surface area contributed by atoms with Gasteiger partial charge < -0.3 is 9.64 Å². The van der Waals surface area contributed by atoms with Gasteiger partial charge in [0.1, 0.15) is 5.60 Å². The third kappa shape index (κ3) is 1.18. The fraction of sp³-hybridized carbons (Fsp3) is 0.500. The SMILES string of the molecule is C[C@@]12C[C@@H]3c4ccccc4CCN3C(=O)[C@@H]1O2. The molecule has 4 rings (SSSR count). The molecule has 17 heavy (non-hydrogen) atoms. The third-order valence-corrected chi connectivity index (χ3v) is 4.40. The summed E-state index contributed by atoms with van der Waals surface area (Å²) in [5.74, 6) is 0.193. The molecule has 88 valence electrons. The van der Waals surface area contributed by atoms with Crippen LogP contribution in [0.25, 0.3) is 0 Å². The summed E-state index contributed by atoms with van der Waals surface area (Å²) in [6.45, 7) is 2.90. The highest BCUT2D eigenvalue weighted by molar-refractivity contribution is 5.87. The van der Waals surface area contributed by atoms with Gasteiger partial charge in [0.05, 0.1) is 6.04 Å². The first-order chi connectivity index (χ1) is 8.19. The molecule has 2 fully saturated rings. The molecule has 0 spiro atoms. The van der Waals surface area contributed by atoms with Crippen LogP contribution in [0.15, 0.2) is 24.3 Å². The van der Waals surface area contributed by atoms with Crippen molar-refractivity contribution in [2.45, 2.75) is 37.5 Å². The van der Waals surface area contributed by atoms with E-state index in [-0.39, 0.29) is 23.7 Å². The Morgan fingerprint density at radius 1 is 1.41 bits per heavy atom. The zero-order valence-electron chi connectivity index (χ0n) is 9.85. The van der Waals surface area contributed by atoms with Crippen molar-refractivity contribution in [3.63, 3.8) is 0 Å². The molecule has 3 nitrogen and oxygen atoms in total. The number of benzene rings is 1. The molecule has 3 atom stereocenters. The Labute approximate surface area is 100 Å². The van der Waals surface area contributed by atoms with Crippen molar-refractivity contribution in [1.29, 1.82) is 0 Å². The summed E-state index contributed by atoms with van der Waals surface area (Å²) in [4.78, 5) is 14.2. The monoisotopic (exact) mass is 229 g/mol. The van der Waals surface area contributed by atoms with Crippen LogP contribution in [0.3, 0.4) is 0 Å². The molecule has 0 bridgehead atoms. The molecule has 3 aliphatic rings. The molecule has 0 saturated carbocycles. The van der Waals surface area contributed by atoms with Crippen LogP contribution in [-0.4, -0.2) is 29.1 Å². The first-order valence-electron chi connectivity index (χ1n) is 6.25. The van der Waals surface area contributed by atoms with Crippen molar-refractivity contribution in [3.8, 4) is 0 Å². The van der Waals surface area contributed by atoms with Crippen molar-refractivity contribution in [3.05, 3.63) is 35.4 Å². The van der Waals surface area contributed by atoms with Crippen molar-refractivity contribution < 1.29 is 9.53 Å². The lowest BCUT2D eigenvalue weighted by molar-refractivity contribution is -0.136. The van der Waals surface area contributed by atoms with Gasteiger partial charge in [0.25, 0.3) is 5.91 Å². The average molecular weight is 229 g/mol. The number of rotatable bonds is 0. The van der Waals surface area contributed by atoms with Crippen LogP contribution in [0.2, 0.25) is 0 Å². The quantitative estimate of drug-likeness (QED) is 0.634. The highest BCUT2D eigenvalue weighted by atomic mass is 16.6. The normalized spacial score (nSPS) is 38.2. The van der Waals surface area contributed by atoms with Crippen LogP contribution in [0.4, 0.5) is 0 Å². The van der Waals surface area contributed by atoms with Gasteiger partial charge in [-0.1, -0.05) is 24.3 Å². The van der Waals surface area contributed by atoms with Crippen LogP contribution in [0.1, 0.15) is 30.5 Å². The van der Waals surface area contributed by atoms with Crippen molar-refractivity contribution >= 4 is 5.91 Å². The second kappa shape index (κ2) is 2.91. The van der Waals surface area contributed by atoms with E-state index in [0.717, 1.165) is 19.4 Å². The molecule has 1 amide bonds. The largest absolute Gasteiger partial charge is 0.356 e. The summed E-state index contributed by atoms with van der Waals surface area (Å²) < 4.78 is 5.59. The van der Waals surface area contributed by atoms with E-state index >= 15 is 0 Å². The topological polar surface area (TPSA) is 32.8 Å². The Hall–Kier alpha value is -1.35. The molecular formula is C14H15NO2. The highest BCUT2D eigenvalue weighted by Gasteiger charge is 2.63. The summed E-state index contributed by atoms with van der Waals surface area (Å²) >= 11 is 0. The van der Waals surface area contributed by atoms with E-state index in [1.807, 2.05) is 4.90 Å². The molecule has 0 aromatic heterocycles. The number of amides is 1. The van der Waals surface area contributed by atoms with E-state index in [9.17, 15) is 4.79 Å². The van der Waals surface area contributed by atoms with E-state index in [1.54, 1.807) is 0 Å². The highest BCUT2D eigenvalue weighted by Crippen LogP contribution is 2.51. The number of ether oxygens (including phenoxy) is 1. The second-order valence-corrected chi connectivity index (χ2v) is 5.51. The third-order valence-electron chi connectivity index (χ3n) is 4.40. The number of piperidine rings is 1. The van der Waals surface area contributed by atoms with Gasteiger partial charge in [-0.25, -0.2) is 0 Å². The summed E-state index contributed by atoms with van der Waals surface area (Å²) in [5.41, 5.74) is 2.52. The number of epoxide rings is 1. The van der Waals surface area contributed by atoms with Gasteiger partial charge in [-0.3, -0.25) is 4.79 Å². The van der Waals surface area contributed by atoms with E-state index in [0.29, 0.717) is 0 Å². The molecule has 0 radical (unpaired) electrons. The fourth-order valence-corrected chi connectivity index (χ4v) is 3.37. The summed E-state index contributed by atoms with van der Waals surface area (Å²) in [6, 6.07) is 8.72. The van der Waals surface area contributed by atoms with Crippen molar-refractivity contribution in [2.24, 2.45) is 0 Å². The first-order valence-corrected chi connectivity index (χ1v) is 6.25. The van der Waals surface area contributed by atoms with Crippen LogP contribution < -0.4 is 0 Å². The second-order valence-electron chi connectivity index (χ2n) is 5.51. The Kier molecular flexibility index (Phi) is 1.65. The number of carbonyl (C=O) groups is 1. The van der Waals surface area contributed by atoms with Gasteiger partial charge in [-0.05, 0) is 24.5 Å². The molecule has 0 unspecified atom stereocenters. The minimum atomic E-state index is -0.192. The Morgan fingerprint density at radius 3 is 3.12 bits per heavy atom. The molecule has 0 aliphatic carbocycles. The van der Waals surface area contributed by atoms with Gasteiger partial charge >= 0.3 is 0 Å². The number of nitrogens with zero attached hydrogens (tertiary/aromatic N) is 1. The number of hydrogen-bond donors (Lipinski definition) is 0. The Bertz CT molecular complexity index is 513. The van der Waals surface area contributed by atoms with Crippen LogP contribution in [0, 0.1) is 0 Å². The Balaban J connectivity index is 1.80. The predicted molar refractivity (Wildman–Crippen MR) is 62.5 cm³/mol. The maximum atomic E-state index is 12.2. The molecule has 3 heteroatoms. The van der Waals surface area contributed by atoms with Crippen LogP contribution >= 0.6 is 0 Å². The van der Waals surface area contributed by atoms with Crippen molar-refractivity contribution in [2.75, 3.05) is 6.54 Å². The predicted octanol–water partition coefficient (Wildman–Crippen LogP) is 1.67. The maximum Gasteiger partial charge on any atom is 0.255 e. The zero-order chi connectivity index (χ0) is 11.6. The lowest BCUT2D eigenvalue weighted by Gasteiger charge is -2.40. The van der Waals surface area contributed by atoms with Crippen LogP contribution in [-0.2, 0) is 16.0 Å². The van der Waals surface area contributed by atoms with Gasteiger partial charge in [0, 0.05) is 13.0 Å². The smallest absolute Gasteiger partial charge is 0.255 e. The lowest BCUT2D eigenvalue weighted by atomic mass is 9.82. The molecular weight excluding hydrogens is 214 g/mol. The molecule has 3 aliphatic heterocycles. The van der Waals surface area contributed by atoms with E-state index in [4.69, 9.17) is 4.74 Å².